The number of amides is 4. The Bertz CT molecular complexity index is 1340. The third-order valence-corrected chi connectivity index (χ3v) is 5.96. The minimum absolute atomic E-state index is 0.0885. The second-order valence-corrected chi connectivity index (χ2v) is 9.70. The van der Waals surface area contributed by atoms with E-state index in [0.29, 0.717) is 36.0 Å². The van der Waals surface area contributed by atoms with E-state index >= 15 is 0 Å². The number of benzene rings is 3. The molecule has 1 heterocycles. The Labute approximate surface area is 221 Å². The monoisotopic (exact) mass is 514 g/mol. The summed E-state index contributed by atoms with van der Waals surface area (Å²) in [6.45, 7) is 7.22. The Balaban J connectivity index is 1.36. The number of barbiturate groups is 1. The summed E-state index contributed by atoms with van der Waals surface area (Å²) in [5.74, 6) is 0.512. The van der Waals surface area contributed by atoms with E-state index < -0.39 is 17.8 Å². The second-order valence-electron chi connectivity index (χ2n) is 9.70. The van der Waals surface area contributed by atoms with E-state index in [-0.39, 0.29) is 11.0 Å². The summed E-state index contributed by atoms with van der Waals surface area (Å²) in [7, 11) is 1.52. The van der Waals surface area contributed by atoms with Crippen LogP contribution in [0.4, 0.5) is 10.5 Å². The number of ether oxygens (including phenoxy) is 3. The van der Waals surface area contributed by atoms with Crippen molar-refractivity contribution in [2.45, 2.75) is 26.2 Å². The fourth-order valence-electron chi connectivity index (χ4n) is 3.82. The van der Waals surface area contributed by atoms with Crippen LogP contribution < -0.4 is 24.4 Å². The second kappa shape index (κ2) is 11.2. The van der Waals surface area contributed by atoms with Crippen molar-refractivity contribution in [3.63, 3.8) is 0 Å². The third-order valence-electron chi connectivity index (χ3n) is 5.96. The highest BCUT2D eigenvalue weighted by Gasteiger charge is 2.36. The lowest BCUT2D eigenvalue weighted by Gasteiger charge is -2.26. The minimum atomic E-state index is -0.807. The molecule has 0 bridgehead atoms. The summed E-state index contributed by atoms with van der Waals surface area (Å²) >= 11 is 0. The van der Waals surface area contributed by atoms with Crippen LogP contribution in [-0.4, -0.2) is 38.2 Å². The van der Waals surface area contributed by atoms with Gasteiger partial charge >= 0.3 is 6.03 Å². The molecule has 3 aromatic carbocycles. The molecule has 0 saturated carbocycles. The zero-order chi connectivity index (χ0) is 27.3. The van der Waals surface area contributed by atoms with Crippen LogP contribution in [0.2, 0.25) is 0 Å². The summed E-state index contributed by atoms with van der Waals surface area (Å²) < 4.78 is 16.6. The molecule has 8 nitrogen and oxygen atoms in total. The van der Waals surface area contributed by atoms with Crippen LogP contribution in [0.1, 0.15) is 31.9 Å². The summed E-state index contributed by atoms with van der Waals surface area (Å²) in [6.07, 6.45) is 1.44. The van der Waals surface area contributed by atoms with E-state index in [2.05, 4.69) is 38.2 Å². The number of rotatable bonds is 8. The average molecular weight is 515 g/mol. The number of anilines is 1. The van der Waals surface area contributed by atoms with Gasteiger partial charge in [0.05, 0.1) is 12.8 Å². The summed E-state index contributed by atoms with van der Waals surface area (Å²) in [6, 6.07) is 20.5. The summed E-state index contributed by atoms with van der Waals surface area (Å²) in [5.41, 5.74) is 2.10. The topological polar surface area (TPSA) is 94.2 Å². The van der Waals surface area contributed by atoms with E-state index in [1.807, 2.05) is 12.1 Å². The molecule has 1 aliphatic heterocycles. The molecule has 196 valence electrons. The van der Waals surface area contributed by atoms with Crippen LogP contribution in [-0.2, 0) is 15.0 Å². The number of carbonyl (C=O) groups excluding carboxylic acids is 3. The highest BCUT2D eigenvalue weighted by molar-refractivity contribution is 6.39. The van der Waals surface area contributed by atoms with Crippen molar-refractivity contribution in [2.24, 2.45) is 0 Å². The lowest BCUT2D eigenvalue weighted by Crippen LogP contribution is -2.54. The first-order valence-corrected chi connectivity index (χ1v) is 12.2. The van der Waals surface area contributed by atoms with Crippen LogP contribution >= 0.6 is 0 Å². The molecule has 38 heavy (non-hydrogen) atoms. The van der Waals surface area contributed by atoms with Gasteiger partial charge in [-0.25, -0.2) is 9.69 Å². The van der Waals surface area contributed by atoms with Crippen molar-refractivity contribution in [1.29, 1.82) is 0 Å². The van der Waals surface area contributed by atoms with Crippen molar-refractivity contribution < 1.29 is 28.6 Å². The molecule has 1 fully saturated rings. The van der Waals surface area contributed by atoms with E-state index in [4.69, 9.17) is 14.2 Å². The molecule has 4 rings (SSSR count). The van der Waals surface area contributed by atoms with Gasteiger partial charge in [0.2, 0.25) is 0 Å². The molecule has 1 saturated heterocycles. The zero-order valence-corrected chi connectivity index (χ0v) is 21.8. The smallest absolute Gasteiger partial charge is 0.335 e. The predicted molar refractivity (Wildman–Crippen MR) is 145 cm³/mol. The van der Waals surface area contributed by atoms with Gasteiger partial charge in [0.25, 0.3) is 11.8 Å². The number of nitrogens with zero attached hydrogens (tertiary/aromatic N) is 1. The van der Waals surface area contributed by atoms with Crippen LogP contribution in [0.25, 0.3) is 6.08 Å². The Morgan fingerprint density at radius 1 is 0.763 bits per heavy atom. The number of imide groups is 2. The van der Waals surface area contributed by atoms with E-state index in [9.17, 15) is 14.4 Å². The largest absolute Gasteiger partial charge is 0.497 e. The quantitative estimate of drug-likeness (QED) is 0.255. The molecule has 8 heteroatoms. The van der Waals surface area contributed by atoms with Gasteiger partial charge in [-0.2, -0.15) is 0 Å². The fraction of sp³-hybridized carbons (Fsp3) is 0.233. The maximum Gasteiger partial charge on any atom is 0.335 e. The van der Waals surface area contributed by atoms with Gasteiger partial charge in [-0.1, -0.05) is 45.0 Å². The number of urea groups is 1. The molecule has 0 aliphatic carbocycles. The molecule has 0 unspecified atom stereocenters. The van der Waals surface area contributed by atoms with Crippen LogP contribution in [0, 0.1) is 0 Å². The molecule has 3 aromatic rings. The predicted octanol–water partition coefficient (Wildman–Crippen LogP) is 5.12. The van der Waals surface area contributed by atoms with Gasteiger partial charge in [0.1, 0.15) is 36.0 Å². The number of methoxy groups -OCH3 is 1. The Hall–Kier alpha value is -4.59. The molecular weight excluding hydrogens is 484 g/mol. The number of hydrogen-bond donors (Lipinski definition) is 1. The lowest BCUT2D eigenvalue weighted by molar-refractivity contribution is -0.122. The summed E-state index contributed by atoms with van der Waals surface area (Å²) in [4.78, 5) is 38.7. The van der Waals surface area contributed by atoms with Gasteiger partial charge in [-0.3, -0.25) is 14.9 Å². The minimum Gasteiger partial charge on any atom is -0.497 e. The Morgan fingerprint density at radius 3 is 1.82 bits per heavy atom. The van der Waals surface area contributed by atoms with Gasteiger partial charge < -0.3 is 14.2 Å². The molecule has 0 aromatic heterocycles. The average Bonchev–Trinajstić information content (AvgIpc) is 2.90. The molecule has 0 radical (unpaired) electrons. The third kappa shape index (κ3) is 6.21. The van der Waals surface area contributed by atoms with Crippen molar-refractivity contribution in [1.82, 2.24) is 5.32 Å². The molecule has 1 N–H and O–H groups in total. The van der Waals surface area contributed by atoms with Crippen molar-refractivity contribution in [2.75, 3.05) is 25.2 Å². The van der Waals surface area contributed by atoms with Gasteiger partial charge in [0.15, 0.2) is 0 Å². The Morgan fingerprint density at radius 2 is 1.29 bits per heavy atom. The van der Waals surface area contributed by atoms with Gasteiger partial charge in [-0.15, -0.1) is 0 Å². The first-order chi connectivity index (χ1) is 18.2. The zero-order valence-electron chi connectivity index (χ0n) is 21.8. The molecule has 0 atom stereocenters. The first-order valence-electron chi connectivity index (χ1n) is 12.2. The van der Waals surface area contributed by atoms with Gasteiger partial charge in [0, 0.05) is 0 Å². The number of hydrogen-bond acceptors (Lipinski definition) is 6. The Kier molecular flexibility index (Phi) is 7.81. The van der Waals surface area contributed by atoms with Crippen molar-refractivity contribution in [3.8, 4) is 17.2 Å². The summed E-state index contributed by atoms with van der Waals surface area (Å²) in [5, 5.41) is 2.22. The normalized spacial score (nSPS) is 14.9. The highest BCUT2D eigenvalue weighted by atomic mass is 16.5. The maximum atomic E-state index is 13.0. The van der Waals surface area contributed by atoms with Crippen LogP contribution in [0.15, 0.2) is 78.4 Å². The van der Waals surface area contributed by atoms with Gasteiger partial charge in [-0.05, 0) is 71.1 Å². The molecule has 1 aliphatic rings. The van der Waals surface area contributed by atoms with Crippen LogP contribution in [0.3, 0.4) is 0 Å². The van der Waals surface area contributed by atoms with Crippen molar-refractivity contribution >= 4 is 29.6 Å². The van der Waals surface area contributed by atoms with E-state index in [1.54, 1.807) is 48.5 Å². The fourth-order valence-corrected chi connectivity index (χ4v) is 3.82. The van der Waals surface area contributed by atoms with Crippen molar-refractivity contribution in [3.05, 3.63) is 89.5 Å². The molecule has 0 spiro atoms. The first kappa shape index (κ1) is 26.5. The van der Waals surface area contributed by atoms with E-state index in [0.717, 1.165) is 10.6 Å². The maximum absolute atomic E-state index is 13.0. The molecular formula is C30H30N2O6. The lowest BCUT2D eigenvalue weighted by atomic mass is 9.87. The SMILES string of the molecule is COc1ccc(N2C(=O)NC(=O)/C(=C/c3ccc(OCCOc4ccc(C(C)(C)C)cc4)cc3)C2=O)cc1. The number of carbonyl (C=O) groups is 3. The number of nitrogens with one attached hydrogen (secondary N) is 1. The molecule has 4 amide bonds. The highest BCUT2D eigenvalue weighted by Crippen LogP contribution is 2.26. The van der Waals surface area contributed by atoms with Crippen LogP contribution in [0.5, 0.6) is 17.2 Å². The van der Waals surface area contributed by atoms with E-state index in [1.165, 1.54) is 18.7 Å². The standard InChI is InChI=1S/C30H30N2O6/c1-30(2,3)21-7-13-25(14-8-21)38-18-17-37-24-11-5-20(6-12-24)19-26-27(33)31-29(35)32(28(26)34)22-9-15-23(36-4)16-10-22/h5-16,19H,17-18H2,1-4H3,(H,31,33,35)/b26-19-.